The van der Waals surface area contributed by atoms with Gasteiger partial charge in [-0.15, -0.1) is 0 Å². The molecule has 4 aliphatic rings. The minimum absolute atomic E-state index is 0.0351. The van der Waals surface area contributed by atoms with Gasteiger partial charge in [-0.3, -0.25) is 14.5 Å². The summed E-state index contributed by atoms with van der Waals surface area (Å²) >= 11 is 0. The van der Waals surface area contributed by atoms with Gasteiger partial charge in [-0.05, 0) is 67.9 Å². The number of nitrogens with zero attached hydrogens (tertiary/aromatic N) is 4. The first-order chi connectivity index (χ1) is 22.9. The highest BCUT2D eigenvalue weighted by molar-refractivity contribution is 5.91. The Labute approximate surface area is 276 Å². The smallest absolute Gasteiger partial charge is 0.322 e. The summed E-state index contributed by atoms with van der Waals surface area (Å²) < 4.78 is 10.6. The minimum atomic E-state index is -0.748. The van der Waals surface area contributed by atoms with Crippen LogP contribution in [0.1, 0.15) is 42.4 Å². The number of piperidine rings is 1. The molecular formula is C35H46N6O6. The number of nitrogens with one attached hydrogen (secondary N) is 2. The number of para-hydroxylation sites is 1. The maximum Gasteiger partial charge on any atom is 0.322 e. The lowest BCUT2D eigenvalue weighted by Crippen LogP contribution is -2.59. The second kappa shape index (κ2) is 15.2. The van der Waals surface area contributed by atoms with Gasteiger partial charge in [0, 0.05) is 83.2 Å². The van der Waals surface area contributed by atoms with Crippen LogP contribution in [0.4, 0.5) is 15.3 Å². The molecule has 0 radical (unpaired) electrons. The van der Waals surface area contributed by atoms with Crippen molar-refractivity contribution >= 4 is 30.1 Å². The van der Waals surface area contributed by atoms with E-state index in [4.69, 9.17) is 9.47 Å². The van der Waals surface area contributed by atoms with Crippen molar-refractivity contribution in [3.05, 3.63) is 59.2 Å². The summed E-state index contributed by atoms with van der Waals surface area (Å²) in [5.74, 6) is 0.372. The van der Waals surface area contributed by atoms with Gasteiger partial charge in [0.15, 0.2) is 0 Å². The first kappa shape index (κ1) is 32.8. The third-order valence-corrected chi connectivity index (χ3v) is 10.1. The predicted octanol–water partition coefficient (Wildman–Crippen LogP) is 3.03. The summed E-state index contributed by atoms with van der Waals surface area (Å²) in [6, 6.07) is 12.7. The van der Waals surface area contributed by atoms with Crippen LogP contribution in [0.2, 0.25) is 0 Å². The van der Waals surface area contributed by atoms with Crippen LogP contribution in [0.3, 0.4) is 0 Å². The molecule has 3 saturated heterocycles. The topological polar surface area (TPSA) is 124 Å². The number of piperazine rings is 1. The number of likely N-dealkylation sites (tertiary alicyclic amines) is 1. The molecule has 2 aromatic carbocycles. The molecule has 3 fully saturated rings. The molecule has 2 N–H and O–H groups in total. The summed E-state index contributed by atoms with van der Waals surface area (Å²) in [6.07, 6.45) is 4.47. The summed E-state index contributed by atoms with van der Waals surface area (Å²) in [5.41, 5.74) is 3.63. The molecule has 1 atom stereocenters. The molecule has 4 aliphatic heterocycles. The van der Waals surface area contributed by atoms with Gasteiger partial charge in [-0.1, -0.05) is 30.3 Å². The summed E-state index contributed by atoms with van der Waals surface area (Å²) in [6.45, 7) is 8.26. The molecule has 12 nitrogen and oxygen atoms in total. The maximum absolute atomic E-state index is 14.0. The highest BCUT2D eigenvalue weighted by Gasteiger charge is 2.35. The molecular weight excluding hydrogens is 600 g/mol. The van der Waals surface area contributed by atoms with E-state index in [0.29, 0.717) is 70.2 Å². The second-order valence-electron chi connectivity index (χ2n) is 13.0. The zero-order chi connectivity index (χ0) is 32.8. The van der Waals surface area contributed by atoms with Crippen LogP contribution in [0.5, 0.6) is 5.75 Å². The number of ether oxygens (including phenoxy) is 2. The lowest BCUT2D eigenvalue weighted by molar-refractivity contribution is -0.135. The number of amides is 5. The van der Waals surface area contributed by atoms with E-state index in [2.05, 4.69) is 15.5 Å². The van der Waals surface area contributed by atoms with Crippen LogP contribution in [-0.4, -0.2) is 121 Å². The molecule has 6 rings (SSSR count). The van der Waals surface area contributed by atoms with Crippen LogP contribution < -0.4 is 15.4 Å². The van der Waals surface area contributed by atoms with E-state index in [0.717, 1.165) is 67.9 Å². The van der Waals surface area contributed by atoms with Crippen LogP contribution in [0.15, 0.2) is 42.5 Å². The number of anilines is 1. The first-order valence-corrected chi connectivity index (χ1v) is 16.9. The standard InChI is InChI=1S/C35H46N6O6/c1-25-22-26(6-7-32(25)47-24-42)23-31(33(43)39-18-16-38(17-19-39)28-11-20-46-21-12-28)37-34(44)40-13-9-29(10-14-40)41-15-8-27-4-2-3-5-30(27)36-35(41)45/h2-7,22,24,28-29,31H,8-21,23H2,1H3,(H,36,45)(H,37,44)/t31-/m1/s1. The second-order valence-corrected chi connectivity index (χ2v) is 13.0. The number of aryl methyl sites for hydroxylation is 1. The van der Waals surface area contributed by atoms with E-state index in [1.165, 1.54) is 0 Å². The molecule has 0 bridgehead atoms. The predicted molar refractivity (Wildman–Crippen MR) is 176 cm³/mol. The number of carbonyl (C=O) groups excluding carboxylic acids is 4. The van der Waals surface area contributed by atoms with Gasteiger partial charge in [-0.2, -0.15) is 0 Å². The quantitative estimate of drug-likeness (QED) is 0.423. The van der Waals surface area contributed by atoms with Crippen molar-refractivity contribution in [2.24, 2.45) is 0 Å². The third-order valence-electron chi connectivity index (χ3n) is 10.1. The van der Waals surface area contributed by atoms with Crippen LogP contribution >= 0.6 is 0 Å². The Hall–Kier alpha value is -4.16. The van der Waals surface area contributed by atoms with E-state index >= 15 is 0 Å². The Morgan fingerprint density at radius 1 is 0.957 bits per heavy atom. The van der Waals surface area contributed by atoms with Gasteiger partial charge < -0.3 is 34.8 Å². The highest BCUT2D eigenvalue weighted by atomic mass is 16.5. The Balaban J connectivity index is 1.08. The molecule has 47 heavy (non-hydrogen) atoms. The van der Waals surface area contributed by atoms with Crippen molar-refractivity contribution in [2.75, 3.05) is 64.3 Å². The van der Waals surface area contributed by atoms with E-state index < -0.39 is 6.04 Å². The van der Waals surface area contributed by atoms with E-state index in [1.54, 1.807) is 11.0 Å². The average Bonchev–Trinajstić information content (AvgIpc) is 3.27. The molecule has 5 amide bonds. The largest absolute Gasteiger partial charge is 0.428 e. The number of carbonyl (C=O) groups is 4. The van der Waals surface area contributed by atoms with Crippen molar-refractivity contribution < 1.29 is 28.7 Å². The molecule has 0 saturated carbocycles. The Morgan fingerprint density at radius 2 is 1.70 bits per heavy atom. The fraction of sp³-hybridized carbons (Fsp3) is 0.543. The normalized spacial score (nSPS) is 20.5. The van der Waals surface area contributed by atoms with Crippen LogP contribution in [0, 0.1) is 6.92 Å². The van der Waals surface area contributed by atoms with Crippen molar-refractivity contribution in [3.63, 3.8) is 0 Å². The summed E-state index contributed by atoms with van der Waals surface area (Å²) in [4.78, 5) is 59.6. The molecule has 12 heteroatoms. The van der Waals surface area contributed by atoms with Gasteiger partial charge in [0.05, 0.1) is 0 Å². The summed E-state index contributed by atoms with van der Waals surface area (Å²) in [7, 11) is 0. The molecule has 4 heterocycles. The number of benzene rings is 2. The lowest BCUT2D eigenvalue weighted by atomic mass is 10.0. The monoisotopic (exact) mass is 646 g/mol. The van der Waals surface area contributed by atoms with Gasteiger partial charge in [0.1, 0.15) is 11.8 Å². The van der Waals surface area contributed by atoms with Crippen molar-refractivity contribution in [3.8, 4) is 5.75 Å². The molecule has 0 aliphatic carbocycles. The van der Waals surface area contributed by atoms with Gasteiger partial charge in [0.2, 0.25) is 5.91 Å². The van der Waals surface area contributed by atoms with Gasteiger partial charge >= 0.3 is 12.1 Å². The van der Waals surface area contributed by atoms with Crippen molar-refractivity contribution in [1.29, 1.82) is 0 Å². The fourth-order valence-corrected chi connectivity index (χ4v) is 7.40. The summed E-state index contributed by atoms with van der Waals surface area (Å²) in [5, 5.41) is 6.13. The number of urea groups is 2. The molecule has 2 aromatic rings. The molecule has 0 aromatic heterocycles. The van der Waals surface area contributed by atoms with E-state index in [1.807, 2.05) is 53.1 Å². The average molecular weight is 647 g/mol. The first-order valence-electron chi connectivity index (χ1n) is 16.9. The Bertz CT molecular complexity index is 1430. The SMILES string of the molecule is Cc1cc(C[C@@H](NC(=O)N2CCC(N3CCc4ccccc4NC3=O)CC2)C(=O)N2CCN(C3CCOCC3)CC2)ccc1OC=O. The molecule has 252 valence electrons. The maximum atomic E-state index is 14.0. The number of hydrogen-bond acceptors (Lipinski definition) is 7. The third kappa shape index (κ3) is 7.87. The lowest BCUT2D eigenvalue weighted by Gasteiger charge is -2.42. The zero-order valence-corrected chi connectivity index (χ0v) is 27.2. The molecule has 0 spiro atoms. The Kier molecular flexibility index (Phi) is 10.6. The van der Waals surface area contributed by atoms with Gasteiger partial charge in [0.25, 0.3) is 6.47 Å². The number of hydrogen-bond donors (Lipinski definition) is 2. The minimum Gasteiger partial charge on any atom is -0.428 e. The van der Waals surface area contributed by atoms with Crippen LogP contribution in [-0.2, 0) is 27.2 Å². The van der Waals surface area contributed by atoms with Crippen molar-refractivity contribution in [1.82, 2.24) is 24.9 Å². The zero-order valence-electron chi connectivity index (χ0n) is 27.2. The van der Waals surface area contributed by atoms with Crippen molar-refractivity contribution in [2.45, 2.75) is 63.6 Å². The highest BCUT2D eigenvalue weighted by Crippen LogP contribution is 2.25. The Morgan fingerprint density at radius 3 is 2.43 bits per heavy atom. The van der Waals surface area contributed by atoms with Gasteiger partial charge in [-0.25, -0.2) is 9.59 Å². The number of rotatable bonds is 8. The van der Waals surface area contributed by atoms with E-state index in [9.17, 15) is 19.2 Å². The molecule has 0 unspecified atom stereocenters. The fourth-order valence-electron chi connectivity index (χ4n) is 7.40. The van der Waals surface area contributed by atoms with E-state index in [-0.39, 0.29) is 24.0 Å². The number of fused-ring (bicyclic) bond motifs is 1. The van der Waals surface area contributed by atoms with Crippen LogP contribution in [0.25, 0.3) is 0 Å².